The minimum absolute atomic E-state index is 0.157. The molecule has 0 aromatic heterocycles. The molecule has 1 amide bonds. The van der Waals surface area contributed by atoms with E-state index in [9.17, 15) is 4.79 Å². The zero-order chi connectivity index (χ0) is 16.9. The van der Waals surface area contributed by atoms with Crippen molar-refractivity contribution in [1.29, 1.82) is 0 Å². The van der Waals surface area contributed by atoms with Crippen LogP contribution in [-0.4, -0.2) is 17.2 Å². The number of carbonyl (C=O) groups is 1. The van der Waals surface area contributed by atoms with Gasteiger partial charge in [-0.2, -0.15) is 0 Å². The fraction of sp³-hybridized carbons (Fsp3) is 0.632. The predicted octanol–water partition coefficient (Wildman–Crippen LogP) is 6.09. The zero-order valence-corrected chi connectivity index (χ0v) is 16.2. The van der Waals surface area contributed by atoms with E-state index in [1.54, 1.807) is 17.8 Å². The van der Waals surface area contributed by atoms with Crippen LogP contribution < -0.4 is 5.32 Å². The lowest BCUT2D eigenvalue weighted by Gasteiger charge is -2.30. The summed E-state index contributed by atoms with van der Waals surface area (Å²) in [6.45, 7) is 0. The maximum atomic E-state index is 12.6. The van der Waals surface area contributed by atoms with E-state index in [0.29, 0.717) is 21.3 Å². The molecular formula is C19H25Cl2NOS. The average Bonchev–Trinajstić information content (AvgIpc) is 2.59. The first-order chi connectivity index (χ1) is 11.6. The van der Waals surface area contributed by atoms with E-state index in [1.807, 2.05) is 12.1 Å². The number of rotatable bonds is 4. The summed E-state index contributed by atoms with van der Waals surface area (Å²) in [5.41, 5.74) is 0. The van der Waals surface area contributed by atoms with Crippen LogP contribution in [0, 0.1) is 5.92 Å². The number of halogens is 2. The molecule has 1 aromatic rings. The number of thioether (sulfide) groups is 1. The Hall–Kier alpha value is -0.380. The Labute approximate surface area is 159 Å². The summed E-state index contributed by atoms with van der Waals surface area (Å²) < 4.78 is 0. The SMILES string of the molecule is O=C(NC1CCCCC1)C1CCCC(Sc2ccc(Cl)cc2Cl)C1. The van der Waals surface area contributed by atoms with Gasteiger partial charge in [0.25, 0.3) is 0 Å². The number of hydrogen-bond donors (Lipinski definition) is 1. The Balaban J connectivity index is 1.54. The molecule has 132 valence electrons. The van der Waals surface area contributed by atoms with E-state index in [4.69, 9.17) is 23.2 Å². The van der Waals surface area contributed by atoms with Crippen LogP contribution in [0.2, 0.25) is 10.0 Å². The third-order valence-corrected chi connectivity index (χ3v) is 7.17. The topological polar surface area (TPSA) is 29.1 Å². The van der Waals surface area contributed by atoms with Crippen molar-refractivity contribution in [3.63, 3.8) is 0 Å². The van der Waals surface area contributed by atoms with Crippen molar-refractivity contribution in [1.82, 2.24) is 5.32 Å². The molecule has 2 saturated carbocycles. The molecule has 3 rings (SSSR count). The highest BCUT2D eigenvalue weighted by atomic mass is 35.5. The second-order valence-electron chi connectivity index (χ2n) is 7.02. The molecule has 2 unspecified atom stereocenters. The van der Waals surface area contributed by atoms with Gasteiger partial charge in [0.15, 0.2) is 0 Å². The first-order valence-corrected chi connectivity index (χ1v) is 10.7. The summed E-state index contributed by atoms with van der Waals surface area (Å²) in [5, 5.41) is 5.13. The van der Waals surface area contributed by atoms with E-state index in [2.05, 4.69) is 5.32 Å². The lowest BCUT2D eigenvalue weighted by Crippen LogP contribution is -2.41. The summed E-state index contributed by atoms with van der Waals surface area (Å²) >= 11 is 14.1. The van der Waals surface area contributed by atoms with Crippen LogP contribution in [0.1, 0.15) is 57.8 Å². The van der Waals surface area contributed by atoms with E-state index < -0.39 is 0 Å². The summed E-state index contributed by atoms with van der Waals surface area (Å²) in [6, 6.07) is 6.07. The van der Waals surface area contributed by atoms with Gasteiger partial charge in [0.2, 0.25) is 5.91 Å². The zero-order valence-electron chi connectivity index (χ0n) is 13.9. The van der Waals surface area contributed by atoms with Crippen LogP contribution in [0.3, 0.4) is 0 Å². The number of carbonyl (C=O) groups excluding carboxylic acids is 1. The van der Waals surface area contributed by atoms with Gasteiger partial charge in [-0.25, -0.2) is 0 Å². The molecule has 2 aliphatic carbocycles. The number of nitrogens with one attached hydrogen (secondary N) is 1. The van der Waals surface area contributed by atoms with Crippen molar-refractivity contribution >= 4 is 40.9 Å². The molecular weight excluding hydrogens is 361 g/mol. The van der Waals surface area contributed by atoms with Gasteiger partial charge in [-0.3, -0.25) is 4.79 Å². The number of hydrogen-bond acceptors (Lipinski definition) is 2. The summed E-state index contributed by atoms with van der Waals surface area (Å²) in [5.74, 6) is 0.429. The van der Waals surface area contributed by atoms with Gasteiger partial charge in [-0.1, -0.05) is 48.9 Å². The lowest BCUT2D eigenvalue weighted by atomic mass is 9.87. The summed E-state index contributed by atoms with van der Waals surface area (Å²) in [4.78, 5) is 13.7. The van der Waals surface area contributed by atoms with Crippen molar-refractivity contribution in [2.24, 2.45) is 5.92 Å². The van der Waals surface area contributed by atoms with E-state index in [-0.39, 0.29) is 11.8 Å². The van der Waals surface area contributed by atoms with Gasteiger partial charge < -0.3 is 5.32 Å². The van der Waals surface area contributed by atoms with Gasteiger partial charge in [-0.05, 0) is 50.3 Å². The van der Waals surface area contributed by atoms with Crippen LogP contribution in [0.15, 0.2) is 23.1 Å². The molecule has 2 nitrogen and oxygen atoms in total. The van der Waals surface area contributed by atoms with Gasteiger partial charge >= 0.3 is 0 Å². The maximum absolute atomic E-state index is 12.6. The first kappa shape index (κ1) is 18.4. The minimum Gasteiger partial charge on any atom is -0.353 e. The van der Waals surface area contributed by atoms with Crippen molar-refractivity contribution in [2.45, 2.75) is 74.0 Å². The highest BCUT2D eigenvalue weighted by Gasteiger charge is 2.29. The normalized spacial score (nSPS) is 25.4. The molecule has 0 aliphatic heterocycles. The second-order valence-corrected chi connectivity index (χ2v) is 9.21. The first-order valence-electron chi connectivity index (χ1n) is 9.04. The summed E-state index contributed by atoms with van der Waals surface area (Å²) in [7, 11) is 0. The fourth-order valence-corrected chi connectivity index (χ4v) is 5.64. The molecule has 0 bridgehead atoms. The molecule has 2 atom stereocenters. The van der Waals surface area contributed by atoms with Crippen LogP contribution in [0.5, 0.6) is 0 Å². The van der Waals surface area contributed by atoms with E-state index in [1.165, 1.54) is 19.3 Å². The van der Waals surface area contributed by atoms with Crippen LogP contribution >= 0.6 is 35.0 Å². The quantitative estimate of drug-likeness (QED) is 0.678. The van der Waals surface area contributed by atoms with Crippen molar-refractivity contribution in [2.75, 3.05) is 0 Å². The van der Waals surface area contributed by atoms with Gasteiger partial charge in [0.05, 0.1) is 5.02 Å². The molecule has 2 fully saturated rings. The molecule has 5 heteroatoms. The Bertz CT molecular complexity index is 574. The molecule has 0 heterocycles. The molecule has 24 heavy (non-hydrogen) atoms. The monoisotopic (exact) mass is 385 g/mol. The lowest BCUT2D eigenvalue weighted by molar-refractivity contribution is -0.126. The Kier molecular flexibility index (Phi) is 6.77. The third-order valence-electron chi connectivity index (χ3n) is 5.14. The van der Waals surface area contributed by atoms with E-state index in [0.717, 1.165) is 43.4 Å². The molecule has 0 saturated heterocycles. The van der Waals surface area contributed by atoms with Crippen molar-refractivity contribution in [3.05, 3.63) is 28.2 Å². The van der Waals surface area contributed by atoms with Gasteiger partial charge in [-0.15, -0.1) is 11.8 Å². The highest BCUT2D eigenvalue weighted by Crippen LogP contribution is 2.39. The molecule has 0 spiro atoms. The molecule has 1 N–H and O–H groups in total. The largest absolute Gasteiger partial charge is 0.353 e. The van der Waals surface area contributed by atoms with Crippen molar-refractivity contribution in [3.8, 4) is 0 Å². The van der Waals surface area contributed by atoms with Gasteiger partial charge in [0.1, 0.15) is 0 Å². The van der Waals surface area contributed by atoms with Crippen molar-refractivity contribution < 1.29 is 4.79 Å². The Morgan fingerprint density at radius 2 is 1.83 bits per heavy atom. The summed E-state index contributed by atoms with van der Waals surface area (Å²) in [6.07, 6.45) is 10.4. The van der Waals surface area contributed by atoms with Crippen LogP contribution in [0.25, 0.3) is 0 Å². The third kappa shape index (κ3) is 5.06. The van der Waals surface area contributed by atoms with Gasteiger partial charge in [0, 0.05) is 27.1 Å². The number of benzene rings is 1. The maximum Gasteiger partial charge on any atom is 0.223 e. The standard InChI is InChI=1S/C19H25Cl2NOS/c20-14-9-10-18(17(21)12-14)24-16-8-4-5-13(11-16)19(23)22-15-6-2-1-3-7-15/h9-10,12-13,15-16H,1-8,11H2,(H,22,23). The van der Waals surface area contributed by atoms with Crippen LogP contribution in [-0.2, 0) is 4.79 Å². The average molecular weight is 386 g/mol. The molecule has 1 aromatic carbocycles. The van der Waals surface area contributed by atoms with Crippen LogP contribution in [0.4, 0.5) is 0 Å². The smallest absolute Gasteiger partial charge is 0.223 e. The van der Waals surface area contributed by atoms with E-state index >= 15 is 0 Å². The Morgan fingerprint density at radius 1 is 1.04 bits per heavy atom. The highest BCUT2D eigenvalue weighted by molar-refractivity contribution is 8.00. The Morgan fingerprint density at radius 3 is 2.58 bits per heavy atom. The minimum atomic E-state index is 0.157. The predicted molar refractivity (Wildman–Crippen MR) is 103 cm³/mol. The fourth-order valence-electron chi connectivity index (χ4n) is 3.81. The second kappa shape index (κ2) is 8.82. The molecule has 0 radical (unpaired) electrons. The number of amides is 1. The molecule has 2 aliphatic rings.